The molecule has 1 aliphatic carbocycles. The topological polar surface area (TPSA) is 75.7 Å². The van der Waals surface area contributed by atoms with Gasteiger partial charge in [-0.05, 0) is 19.3 Å². The maximum atomic E-state index is 12.6. The standard InChI is InChI=1S/C16H26N2O4/c1-2-3-10-22-14(19)11-13-15(20)17-8-9-18(13)16(21)12-6-4-5-7-12/h12-13H,2-11H2,1H3,(H,17,20). The predicted octanol–water partition coefficient (Wildman–Crippen LogP) is 1.24. The van der Waals surface area contributed by atoms with Gasteiger partial charge in [0.1, 0.15) is 6.04 Å². The number of ether oxygens (including phenoxy) is 1. The van der Waals surface area contributed by atoms with Gasteiger partial charge in [0.25, 0.3) is 0 Å². The summed E-state index contributed by atoms with van der Waals surface area (Å²) in [5, 5.41) is 2.74. The van der Waals surface area contributed by atoms with Crippen LogP contribution in [0.2, 0.25) is 0 Å². The van der Waals surface area contributed by atoms with Gasteiger partial charge >= 0.3 is 5.97 Å². The lowest BCUT2D eigenvalue weighted by Crippen LogP contribution is -2.58. The first-order valence-electron chi connectivity index (χ1n) is 8.37. The first-order valence-corrected chi connectivity index (χ1v) is 8.37. The summed E-state index contributed by atoms with van der Waals surface area (Å²) in [6, 6.07) is -0.712. The molecule has 2 fully saturated rings. The fourth-order valence-electron chi connectivity index (χ4n) is 3.14. The number of nitrogens with zero attached hydrogens (tertiary/aromatic N) is 1. The summed E-state index contributed by atoms with van der Waals surface area (Å²) in [6.45, 7) is 3.33. The minimum atomic E-state index is -0.712. The summed E-state index contributed by atoms with van der Waals surface area (Å²) >= 11 is 0. The number of nitrogens with one attached hydrogen (secondary N) is 1. The lowest BCUT2D eigenvalue weighted by atomic mass is 10.0. The molecular weight excluding hydrogens is 284 g/mol. The molecule has 1 aliphatic heterocycles. The summed E-state index contributed by atoms with van der Waals surface area (Å²) in [5.74, 6) is -0.604. The van der Waals surface area contributed by atoms with Crippen LogP contribution in [0.15, 0.2) is 0 Å². The molecule has 1 unspecified atom stereocenters. The lowest BCUT2D eigenvalue weighted by molar-refractivity contribution is -0.153. The van der Waals surface area contributed by atoms with Gasteiger partial charge in [0.15, 0.2) is 0 Å². The Morgan fingerprint density at radius 3 is 2.73 bits per heavy atom. The van der Waals surface area contributed by atoms with E-state index >= 15 is 0 Å². The van der Waals surface area contributed by atoms with Crippen LogP contribution in [0.25, 0.3) is 0 Å². The van der Waals surface area contributed by atoms with Crippen LogP contribution in [0.5, 0.6) is 0 Å². The van der Waals surface area contributed by atoms with Crippen molar-refractivity contribution in [2.24, 2.45) is 5.92 Å². The van der Waals surface area contributed by atoms with Gasteiger partial charge in [-0.15, -0.1) is 0 Å². The van der Waals surface area contributed by atoms with E-state index in [9.17, 15) is 14.4 Å². The molecule has 0 radical (unpaired) electrons. The number of carbonyl (C=O) groups is 3. The zero-order valence-electron chi connectivity index (χ0n) is 13.3. The molecule has 0 spiro atoms. The van der Waals surface area contributed by atoms with Crippen molar-refractivity contribution in [2.45, 2.75) is 57.9 Å². The molecule has 1 saturated carbocycles. The number of unbranched alkanes of at least 4 members (excludes halogenated alkanes) is 1. The third-order valence-electron chi connectivity index (χ3n) is 4.44. The fraction of sp³-hybridized carbons (Fsp3) is 0.812. The van der Waals surface area contributed by atoms with Crippen molar-refractivity contribution in [3.63, 3.8) is 0 Å². The first kappa shape index (κ1) is 16.8. The second-order valence-electron chi connectivity index (χ2n) is 6.10. The fourth-order valence-corrected chi connectivity index (χ4v) is 3.14. The van der Waals surface area contributed by atoms with Crippen LogP contribution in [0.1, 0.15) is 51.9 Å². The summed E-state index contributed by atoms with van der Waals surface area (Å²) < 4.78 is 5.13. The average Bonchev–Trinajstić information content (AvgIpc) is 3.03. The Morgan fingerprint density at radius 1 is 1.32 bits per heavy atom. The van der Waals surface area contributed by atoms with Crippen molar-refractivity contribution in [2.75, 3.05) is 19.7 Å². The van der Waals surface area contributed by atoms with E-state index in [1.165, 1.54) is 0 Å². The molecule has 0 aromatic carbocycles. The summed E-state index contributed by atoms with van der Waals surface area (Å²) in [6.07, 6.45) is 5.64. The largest absolute Gasteiger partial charge is 0.466 e. The molecule has 1 atom stereocenters. The van der Waals surface area contributed by atoms with E-state index < -0.39 is 12.0 Å². The molecule has 1 N–H and O–H groups in total. The highest BCUT2D eigenvalue weighted by molar-refractivity contribution is 5.92. The molecule has 1 heterocycles. The van der Waals surface area contributed by atoms with Crippen molar-refractivity contribution >= 4 is 17.8 Å². The van der Waals surface area contributed by atoms with Crippen LogP contribution in [-0.2, 0) is 19.1 Å². The highest BCUT2D eigenvalue weighted by Crippen LogP contribution is 2.28. The number of amides is 2. The molecule has 0 aromatic heterocycles. The van der Waals surface area contributed by atoms with Gasteiger partial charge in [-0.25, -0.2) is 0 Å². The molecule has 124 valence electrons. The zero-order valence-corrected chi connectivity index (χ0v) is 13.3. The van der Waals surface area contributed by atoms with Crippen molar-refractivity contribution in [1.29, 1.82) is 0 Å². The molecule has 6 nitrogen and oxygen atoms in total. The molecule has 2 aliphatic rings. The summed E-state index contributed by atoms with van der Waals surface area (Å²) in [4.78, 5) is 38.1. The number of rotatable bonds is 6. The van der Waals surface area contributed by atoms with Crippen molar-refractivity contribution in [3.8, 4) is 0 Å². The van der Waals surface area contributed by atoms with Gasteiger partial charge in [0.2, 0.25) is 11.8 Å². The number of hydrogen-bond acceptors (Lipinski definition) is 4. The second kappa shape index (κ2) is 8.15. The van der Waals surface area contributed by atoms with E-state index in [1.807, 2.05) is 6.92 Å². The smallest absolute Gasteiger partial charge is 0.308 e. The van der Waals surface area contributed by atoms with Crippen LogP contribution in [0.4, 0.5) is 0 Å². The Balaban J connectivity index is 1.95. The van der Waals surface area contributed by atoms with E-state index in [1.54, 1.807) is 4.90 Å². The number of esters is 1. The minimum absolute atomic E-state index is 0.0181. The highest BCUT2D eigenvalue weighted by Gasteiger charge is 2.38. The van der Waals surface area contributed by atoms with Gasteiger partial charge in [-0.2, -0.15) is 0 Å². The maximum absolute atomic E-state index is 12.6. The highest BCUT2D eigenvalue weighted by atomic mass is 16.5. The normalized spacial score (nSPS) is 22.5. The van der Waals surface area contributed by atoms with E-state index in [0.29, 0.717) is 19.7 Å². The van der Waals surface area contributed by atoms with Gasteiger partial charge in [0, 0.05) is 19.0 Å². The number of carbonyl (C=O) groups excluding carboxylic acids is 3. The Hall–Kier alpha value is -1.59. The van der Waals surface area contributed by atoms with Crippen molar-refractivity contribution in [1.82, 2.24) is 10.2 Å². The zero-order chi connectivity index (χ0) is 15.9. The maximum Gasteiger partial charge on any atom is 0.308 e. The first-order chi connectivity index (χ1) is 10.6. The second-order valence-corrected chi connectivity index (χ2v) is 6.10. The predicted molar refractivity (Wildman–Crippen MR) is 81.0 cm³/mol. The van der Waals surface area contributed by atoms with E-state index in [0.717, 1.165) is 38.5 Å². The number of hydrogen-bond donors (Lipinski definition) is 1. The van der Waals surface area contributed by atoms with E-state index in [2.05, 4.69) is 5.32 Å². The third kappa shape index (κ3) is 4.21. The monoisotopic (exact) mass is 310 g/mol. The van der Waals surface area contributed by atoms with Crippen molar-refractivity contribution in [3.05, 3.63) is 0 Å². The van der Waals surface area contributed by atoms with Gasteiger partial charge in [0.05, 0.1) is 13.0 Å². The Labute approximate surface area is 131 Å². The average molecular weight is 310 g/mol. The van der Waals surface area contributed by atoms with Crippen LogP contribution in [0.3, 0.4) is 0 Å². The van der Waals surface area contributed by atoms with Crippen LogP contribution >= 0.6 is 0 Å². The molecule has 0 aromatic rings. The Kier molecular flexibility index (Phi) is 6.21. The molecule has 0 bridgehead atoms. The van der Waals surface area contributed by atoms with Crippen LogP contribution in [-0.4, -0.2) is 48.4 Å². The van der Waals surface area contributed by atoms with Gasteiger partial charge in [-0.1, -0.05) is 26.2 Å². The quantitative estimate of drug-likeness (QED) is 0.591. The van der Waals surface area contributed by atoms with Gasteiger partial charge in [-0.3, -0.25) is 14.4 Å². The van der Waals surface area contributed by atoms with E-state index in [-0.39, 0.29) is 24.2 Å². The van der Waals surface area contributed by atoms with E-state index in [4.69, 9.17) is 4.74 Å². The Morgan fingerprint density at radius 2 is 2.05 bits per heavy atom. The van der Waals surface area contributed by atoms with Crippen LogP contribution < -0.4 is 5.32 Å². The minimum Gasteiger partial charge on any atom is -0.466 e. The molecular formula is C16H26N2O4. The lowest BCUT2D eigenvalue weighted by Gasteiger charge is -2.36. The molecule has 2 amide bonds. The SMILES string of the molecule is CCCCOC(=O)CC1C(=O)NCCN1C(=O)C1CCCC1. The summed E-state index contributed by atoms with van der Waals surface area (Å²) in [5.41, 5.74) is 0. The molecule has 2 rings (SSSR count). The summed E-state index contributed by atoms with van der Waals surface area (Å²) in [7, 11) is 0. The molecule has 6 heteroatoms. The number of piperazine rings is 1. The molecule has 1 saturated heterocycles. The Bertz CT molecular complexity index is 418. The molecule has 22 heavy (non-hydrogen) atoms. The van der Waals surface area contributed by atoms with Gasteiger partial charge < -0.3 is 15.0 Å². The van der Waals surface area contributed by atoms with Crippen LogP contribution in [0, 0.1) is 5.92 Å². The third-order valence-corrected chi connectivity index (χ3v) is 4.44. The van der Waals surface area contributed by atoms with Crippen molar-refractivity contribution < 1.29 is 19.1 Å².